The van der Waals surface area contributed by atoms with Gasteiger partial charge >= 0.3 is 12.2 Å². The van der Waals surface area contributed by atoms with Crippen LogP contribution in [0, 0.1) is 24.4 Å². The second-order valence-electron chi connectivity index (χ2n) is 10.4. The first-order chi connectivity index (χ1) is 21.6. The van der Waals surface area contributed by atoms with Crippen molar-refractivity contribution in [2.75, 3.05) is 10.6 Å². The second kappa shape index (κ2) is 10.4. The van der Waals surface area contributed by atoms with E-state index in [1.54, 1.807) is 12.2 Å². The Morgan fingerprint density at radius 3 is 2.33 bits per heavy atom. The van der Waals surface area contributed by atoms with E-state index in [1.165, 1.54) is 29.1 Å². The molecule has 1 fully saturated rings. The Kier molecular flexibility index (Phi) is 6.79. The lowest BCUT2D eigenvalue weighted by molar-refractivity contribution is -0.187. The first-order valence-electron chi connectivity index (χ1n) is 13.1. The molecule has 1 aliphatic heterocycles. The molecule has 6 rings (SSSR count). The highest BCUT2D eigenvalue weighted by molar-refractivity contribution is 6.24. The number of nitrogen functional groups attached to an aromatic ring is 1. The molecule has 5 aromatic rings. The van der Waals surface area contributed by atoms with E-state index in [0.29, 0.717) is 18.2 Å². The Morgan fingerprint density at radius 2 is 1.70 bits per heavy atom. The van der Waals surface area contributed by atoms with E-state index in [-0.39, 0.29) is 38.8 Å². The van der Waals surface area contributed by atoms with Gasteiger partial charge in [-0.3, -0.25) is 9.59 Å². The average Bonchev–Trinajstić information content (AvgIpc) is 3.63. The Hall–Kier alpha value is -5.87. The van der Waals surface area contributed by atoms with Crippen LogP contribution in [0.15, 0.2) is 54.9 Å². The van der Waals surface area contributed by atoms with Crippen LogP contribution in [-0.2, 0) is 4.79 Å². The maximum Gasteiger partial charge on any atom is 0.420 e. The van der Waals surface area contributed by atoms with Crippen LogP contribution in [0.3, 0.4) is 0 Å². The van der Waals surface area contributed by atoms with E-state index in [1.807, 2.05) is 0 Å². The SMILES string of the molecule is Cc1cc(Oc2c(F)cccc2F)ncc1-n1ncc(C(=O)c2cc3cc(F)c(N4C(=O)NC(C)(C(F)(F)F)C4=O)cc3[nH]2)c1N. The molecule has 3 amide bonds. The summed E-state index contributed by atoms with van der Waals surface area (Å²) in [6, 6.07) is 6.13. The number of nitrogens with one attached hydrogen (secondary N) is 2. The van der Waals surface area contributed by atoms with Crippen molar-refractivity contribution in [2.24, 2.45) is 0 Å². The van der Waals surface area contributed by atoms with Crippen molar-refractivity contribution < 1.29 is 45.5 Å². The molecule has 11 nitrogen and oxygen atoms in total. The molecule has 0 aliphatic carbocycles. The number of ether oxygens (including phenoxy) is 1. The molecule has 0 saturated carbocycles. The summed E-state index contributed by atoms with van der Waals surface area (Å²) in [4.78, 5) is 45.1. The Balaban J connectivity index is 1.28. The van der Waals surface area contributed by atoms with Crippen molar-refractivity contribution in [3.8, 4) is 17.3 Å². The van der Waals surface area contributed by atoms with Crippen LogP contribution in [-0.4, -0.2) is 49.2 Å². The number of hydrogen-bond donors (Lipinski definition) is 3. The molecule has 236 valence electrons. The third-order valence-electron chi connectivity index (χ3n) is 7.39. The number of alkyl halides is 3. The maximum absolute atomic E-state index is 15.0. The number of hydrogen-bond acceptors (Lipinski definition) is 7. The minimum atomic E-state index is -5.16. The quantitative estimate of drug-likeness (QED) is 0.127. The van der Waals surface area contributed by atoms with Gasteiger partial charge in [-0.05, 0) is 49.7 Å². The molecular formula is C29H19F6N7O4. The number of nitrogens with zero attached hydrogens (tertiary/aromatic N) is 4. The fraction of sp³-hybridized carbons (Fsp3) is 0.138. The van der Waals surface area contributed by atoms with Gasteiger partial charge in [-0.1, -0.05) is 6.07 Å². The summed E-state index contributed by atoms with van der Waals surface area (Å²) in [5, 5.41) is 5.79. The molecule has 4 N–H and O–H groups in total. The first kappa shape index (κ1) is 30.2. The summed E-state index contributed by atoms with van der Waals surface area (Å²) in [5.74, 6) is -6.41. The fourth-order valence-electron chi connectivity index (χ4n) is 4.84. The topological polar surface area (TPSA) is 148 Å². The van der Waals surface area contributed by atoms with Crippen LogP contribution in [0.5, 0.6) is 11.6 Å². The number of aryl methyl sites for hydroxylation is 1. The standard InChI is InChI=1S/C29H19F6N7O4/c1-12-6-22(46-24-15(30)4-3-5-16(24)31)37-11-21(12)42-25(36)14(10-38-42)23(43)19-8-13-7-17(32)20(9-18(13)39-19)41-26(44)28(2,29(33,34)35)40-27(41)45/h3-11,39H,36H2,1-2H3,(H,40,45). The first-order valence-corrected chi connectivity index (χ1v) is 13.1. The third-order valence-corrected chi connectivity index (χ3v) is 7.39. The molecule has 0 spiro atoms. The van der Waals surface area contributed by atoms with E-state index in [2.05, 4.69) is 15.1 Å². The number of carbonyl (C=O) groups is 3. The van der Waals surface area contributed by atoms with Gasteiger partial charge < -0.3 is 20.8 Å². The average molecular weight is 644 g/mol. The van der Waals surface area contributed by atoms with Crippen molar-refractivity contribution in [3.63, 3.8) is 0 Å². The molecule has 1 aliphatic rings. The molecule has 0 bridgehead atoms. The van der Waals surface area contributed by atoms with Gasteiger partial charge in [0.15, 0.2) is 11.6 Å². The van der Waals surface area contributed by atoms with E-state index in [4.69, 9.17) is 10.5 Å². The summed E-state index contributed by atoms with van der Waals surface area (Å²) in [6.07, 6.45) is -2.75. The Morgan fingerprint density at radius 1 is 1.00 bits per heavy atom. The van der Waals surface area contributed by atoms with Crippen molar-refractivity contribution >= 4 is 40.1 Å². The lowest BCUT2D eigenvalue weighted by atomic mass is 10.0. The molecule has 1 unspecified atom stereocenters. The minimum absolute atomic E-state index is 0.0221. The number of ketones is 1. The zero-order valence-corrected chi connectivity index (χ0v) is 23.5. The number of urea groups is 1. The molecular weight excluding hydrogens is 624 g/mol. The fourth-order valence-corrected chi connectivity index (χ4v) is 4.84. The van der Waals surface area contributed by atoms with Crippen LogP contribution in [0.25, 0.3) is 16.6 Å². The number of amides is 3. The van der Waals surface area contributed by atoms with E-state index in [9.17, 15) is 36.3 Å². The molecule has 2 aromatic carbocycles. The summed E-state index contributed by atoms with van der Waals surface area (Å²) in [5.41, 5.74) is 2.74. The Labute approximate surface area is 253 Å². The van der Waals surface area contributed by atoms with Crippen LogP contribution < -0.4 is 20.7 Å². The molecule has 0 radical (unpaired) electrons. The molecule has 4 heterocycles. The zero-order valence-electron chi connectivity index (χ0n) is 23.5. The second-order valence-corrected chi connectivity index (χ2v) is 10.4. The van der Waals surface area contributed by atoms with Crippen LogP contribution in [0.2, 0.25) is 0 Å². The van der Waals surface area contributed by atoms with Crippen LogP contribution in [0.1, 0.15) is 28.5 Å². The molecule has 17 heteroatoms. The highest BCUT2D eigenvalue weighted by Crippen LogP contribution is 2.39. The number of anilines is 2. The highest BCUT2D eigenvalue weighted by Gasteiger charge is 2.64. The number of fused-ring (bicyclic) bond motifs is 1. The van der Waals surface area contributed by atoms with Crippen molar-refractivity contribution in [1.29, 1.82) is 0 Å². The van der Waals surface area contributed by atoms with Gasteiger partial charge in [0.2, 0.25) is 23.0 Å². The predicted molar refractivity (Wildman–Crippen MR) is 149 cm³/mol. The highest BCUT2D eigenvalue weighted by atomic mass is 19.4. The van der Waals surface area contributed by atoms with Crippen molar-refractivity contribution in [1.82, 2.24) is 25.1 Å². The van der Waals surface area contributed by atoms with E-state index < -0.39 is 58.3 Å². The van der Waals surface area contributed by atoms with Gasteiger partial charge in [0.25, 0.3) is 5.91 Å². The normalized spacial score (nSPS) is 16.7. The number of para-hydroxylation sites is 1. The molecule has 46 heavy (non-hydrogen) atoms. The zero-order chi connectivity index (χ0) is 33.3. The lowest BCUT2D eigenvalue weighted by Gasteiger charge is -2.24. The molecule has 1 saturated heterocycles. The van der Waals surface area contributed by atoms with Gasteiger partial charge in [0, 0.05) is 17.0 Å². The number of rotatable bonds is 6. The Bertz CT molecular complexity index is 2090. The third kappa shape index (κ3) is 4.67. The smallest absolute Gasteiger partial charge is 0.420 e. The lowest BCUT2D eigenvalue weighted by Crippen LogP contribution is -2.56. The number of nitrogens with two attached hydrogens (primary N) is 1. The monoisotopic (exact) mass is 643 g/mol. The summed E-state index contributed by atoms with van der Waals surface area (Å²) >= 11 is 0. The number of carbonyl (C=O) groups excluding carboxylic acids is 3. The van der Waals surface area contributed by atoms with Crippen molar-refractivity contribution in [2.45, 2.75) is 25.6 Å². The maximum atomic E-state index is 15.0. The van der Waals surface area contributed by atoms with Gasteiger partial charge in [-0.2, -0.15) is 18.3 Å². The largest absolute Gasteiger partial charge is 0.433 e. The van der Waals surface area contributed by atoms with Crippen LogP contribution >= 0.6 is 0 Å². The number of H-pyrrole nitrogens is 1. The number of imide groups is 1. The number of aromatic nitrogens is 4. The molecule has 3 aromatic heterocycles. The predicted octanol–water partition coefficient (Wildman–Crippen LogP) is 5.46. The van der Waals surface area contributed by atoms with Gasteiger partial charge in [0.05, 0.1) is 35.0 Å². The van der Waals surface area contributed by atoms with E-state index in [0.717, 1.165) is 30.5 Å². The number of pyridine rings is 1. The minimum Gasteiger partial charge on any atom is -0.433 e. The number of aromatic amines is 1. The van der Waals surface area contributed by atoms with Crippen LogP contribution in [0.4, 0.5) is 42.6 Å². The van der Waals surface area contributed by atoms with Gasteiger partial charge in [-0.15, -0.1) is 0 Å². The van der Waals surface area contributed by atoms with Crippen molar-refractivity contribution in [3.05, 3.63) is 89.1 Å². The summed E-state index contributed by atoms with van der Waals surface area (Å²) in [7, 11) is 0. The summed E-state index contributed by atoms with van der Waals surface area (Å²) in [6.45, 7) is 2.07. The number of halogens is 6. The van der Waals surface area contributed by atoms with Gasteiger partial charge in [-0.25, -0.2) is 32.5 Å². The molecule has 1 atom stereocenters. The van der Waals surface area contributed by atoms with Gasteiger partial charge in [0.1, 0.15) is 11.6 Å². The number of benzene rings is 2. The summed E-state index contributed by atoms with van der Waals surface area (Å²) < 4.78 is 90.0. The van der Waals surface area contributed by atoms with E-state index >= 15 is 4.39 Å².